The van der Waals surface area contributed by atoms with Gasteiger partial charge in [-0.1, -0.05) is 42.0 Å². The molecule has 0 saturated carbocycles. The Labute approximate surface area is 156 Å². The van der Waals surface area contributed by atoms with E-state index in [0.717, 1.165) is 11.1 Å². The molecule has 3 rings (SSSR count). The lowest BCUT2D eigenvalue weighted by molar-refractivity contribution is -0.115. The Balaban J connectivity index is 1.70. The van der Waals surface area contributed by atoms with Gasteiger partial charge in [0, 0.05) is 0 Å². The number of rotatable bonds is 5. The molecule has 1 aliphatic rings. The summed E-state index contributed by atoms with van der Waals surface area (Å²) in [4.78, 5) is 24.7. The van der Waals surface area contributed by atoms with Gasteiger partial charge >= 0.3 is 6.03 Å². The van der Waals surface area contributed by atoms with Crippen LogP contribution in [-0.4, -0.2) is 26.6 Å². The van der Waals surface area contributed by atoms with Crippen LogP contribution in [0.2, 0.25) is 0 Å². The van der Waals surface area contributed by atoms with E-state index in [0.29, 0.717) is 5.56 Å². The predicted octanol–water partition coefficient (Wildman–Crippen LogP) is 1.49. The van der Waals surface area contributed by atoms with Crippen LogP contribution in [0.5, 0.6) is 0 Å². The van der Waals surface area contributed by atoms with Crippen LogP contribution in [-0.2, 0) is 14.8 Å². The van der Waals surface area contributed by atoms with Crippen molar-refractivity contribution in [3.05, 3.63) is 70.9 Å². The number of hydrogen-bond donors (Lipinski definition) is 3. The highest BCUT2D eigenvalue weighted by atomic mass is 32.2. The largest absolute Gasteiger partial charge is 0.326 e. The van der Waals surface area contributed by atoms with Crippen molar-refractivity contribution in [2.45, 2.75) is 11.8 Å². The zero-order valence-electron chi connectivity index (χ0n) is 14.3. The second-order valence-corrected chi connectivity index (χ2v) is 7.46. The van der Waals surface area contributed by atoms with Crippen LogP contribution in [0.4, 0.5) is 4.79 Å². The summed E-state index contributed by atoms with van der Waals surface area (Å²) in [7, 11) is -3.82. The number of urea groups is 1. The number of nitrogens with one attached hydrogen (secondary N) is 3. The van der Waals surface area contributed by atoms with E-state index in [2.05, 4.69) is 20.6 Å². The molecule has 8 nitrogen and oxygen atoms in total. The van der Waals surface area contributed by atoms with Crippen LogP contribution in [0.15, 0.2) is 64.2 Å². The maximum absolute atomic E-state index is 12.3. The van der Waals surface area contributed by atoms with Gasteiger partial charge in [0.25, 0.3) is 15.9 Å². The summed E-state index contributed by atoms with van der Waals surface area (Å²) in [5.41, 5.74) is 2.51. The first-order chi connectivity index (χ1) is 12.8. The number of hydrogen-bond acceptors (Lipinski definition) is 5. The van der Waals surface area contributed by atoms with Gasteiger partial charge in [0.1, 0.15) is 5.70 Å². The van der Waals surface area contributed by atoms with Crippen LogP contribution in [0.1, 0.15) is 16.7 Å². The summed E-state index contributed by atoms with van der Waals surface area (Å²) < 4.78 is 24.5. The van der Waals surface area contributed by atoms with Gasteiger partial charge in [-0.3, -0.25) is 10.1 Å². The summed E-state index contributed by atoms with van der Waals surface area (Å²) >= 11 is 0. The Bertz CT molecular complexity index is 1040. The van der Waals surface area contributed by atoms with Gasteiger partial charge in [0.05, 0.1) is 11.1 Å². The lowest BCUT2D eigenvalue weighted by atomic mass is 10.2. The molecule has 9 heteroatoms. The lowest BCUT2D eigenvalue weighted by Gasteiger charge is -2.04. The molecule has 1 heterocycles. The molecular weight excluding hydrogens is 368 g/mol. The average Bonchev–Trinajstić information content (AvgIpc) is 2.94. The predicted molar refractivity (Wildman–Crippen MR) is 100 cm³/mol. The van der Waals surface area contributed by atoms with Crippen molar-refractivity contribution >= 4 is 34.3 Å². The molecule has 2 aromatic rings. The SMILES string of the molecule is Cc1ccc(C=NNS(=O)(=O)c2ccc(/C=C3\NC(=O)NC3=O)cc2)cc1. The normalized spacial score (nSPS) is 15.8. The number of carbonyl (C=O) groups excluding carboxylic acids is 2. The van der Waals surface area contributed by atoms with Crippen molar-refractivity contribution in [2.75, 3.05) is 0 Å². The van der Waals surface area contributed by atoms with E-state index in [1.165, 1.54) is 36.6 Å². The second-order valence-electron chi connectivity index (χ2n) is 5.80. The number of imide groups is 1. The summed E-state index contributed by atoms with van der Waals surface area (Å²) in [6.07, 6.45) is 2.86. The van der Waals surface area contributed by atoms with Crippen molar-refractivity contribution in [1.29, 1.82) is 0 Å². The highest BCUT2D eigenvalue weighted by molar-refractivity contribution is 7.89. The molecule has 3 N–H and O–H groups in total. The fourth-order valence-corrected chi connectivity index (χ4v) is 3.06. The van der Waals surface area contributed by atoms with E-state index in [-0.39, 0.29) is 10.6 Å². The van der Waals surface area contributed by atoms with Crippen molar-refractivity contribution in [3.8, 4) is 0 Å². The number of carbonyl (C=O) groups is 2. The second kappa shape index (κ2) is 7.42. The minimum absolute atomic E-state index is 0.0191. The molecule has 0 spiro atoms. The van der Waals surface area contributed by atoms with Crippen LogP contribution < -0.4 is 15.5 Å². The van der Waals surface area contributed by atoms with Crippen molar-refractivity contribution in [1.82, 2.24) is 15.5 Å². The maximum atomic E-state index is 12.3. The zero-order valence-corrected chi connectivity index (χ0v) is 15.1. The van der Waals surface area contributed by atoms with Gasteiger partial charge < -0.3 is 5.32 Å². The molecule has 1 fully saturated rings. The molecule has 0 unspecified atom stereocenters. The molecule has 0 aromatic heterocycles. The van der Waals surface area contributed by atoms with Gasteiger partial charge in [-0.2, -0.15) is 13.5 Å². The third-order valence-electron chi connectivity index (χ3n) is 3.69. The number of sulfonamides is 1. The topological polar surface area (TPSA) is 117 Å². The monoisotopic (exact) mass is 384 g/mol. The molecule has 0 radical (unpaired) electrons. The summed E-state index contributed by atoms with van der Waals surface area (Å²) in [5, 5.41) is 8.21. The highest BCUT2D eigenvalue weighted by Gasteiger charge is 2.22. The number of benzene rings is 2. The van der Waals surface area contributed by atoms with E-state index in [1.807, 2.05) is 31.2 Å². The van der Waals surface area contributed by atoms with E-state index >= 15 is 0 Å². The summed E-state index contributed by atoms with van der Waals surface area (Å²) in [6.45, 7) is 1.95. The quantitative estimate of drug-likeness (QED) is 0.313. The van der Waals surface area contributed by atoms with Crippen molar-refractivity contribution < 1.29 is 18.0 Å². The fraction of sp³-hybridized carbons (Fsp3) is 0.0556. The number of aryl methyl sites for hydroxylation is 1. The Morgan fingerprint density at radius 1 is 0.926 bits per heavy atom. The van der Waals surface area contributed by atoms with Crippen LogP contribution in [0, 0.1) is 6.92 Å². The van der Waals surface area contributed by atoms with Gasteiger partial charge in [-0.15, -0.1) is 0 Å². The molecule has 2 aromatic carbocycles. The zero-order chi connectivity index (χ0) is 19.4. The minimum Gasteiger partial charge on any atom is -0.303 e. The Kier molecular flexibility index (Phi) is 5.04. The van der Waals surface area contributed by atoms with Crippen LogP contribution >= 0.6 is 0 Å². The molecule has 1 saturated heterocycles. The van der Waals surface area contributed by atoms with Crippen LogP contribution in [0.3, 0.4) is 0 Å². The third-order valence-corrected chi connectivity index (χ3v) is 4.92. The van der Waals surface area contributed by atoms with E-state index in [9.17, 15) is 18.0 Å². The lowest BCUT2D eigenvalue weighted by Crippen LogP contribution is -2.22. The van der Waals surface area contributed by atoms with Crippen molar-refractivity contribution in [3.63, 3.8) is 0 Å². The van der Waals surface area contributed by atoms with Crippen LogP contribution in [0.25, 0.3) is 6.08 Å². The van der Waals surface area contributed by atoms with Gasteiger partial charge in [0.15, 0.2) is 0 Å². The molecule has 0 bridgehead atoms. The third kappa shape index (κ3) is 4.59. The van der Waals surface area contributed by atoms with E-state index in [4.69, 9.17) is 0 Å². The van der Waals surface area contributed by atoms with E-state index < -0.39 is 22.0 Å². The Hall–Kier alpha value is -3.46. The van der Waals surface area contributed by atoms with Gasteiger partial charge in [-0.25, -0.2) is 9.63 Å². The molecule has 3 amide bonds. The first-order valence-corrected chi connectivity index (χ1v) is 9.37. The van der Waals surface area contributed by atoms with E-state index in [1.54, 1.807) is 0 Å². The highest BCUT2D eigenvalue weighted by Crippen LogP contribution is 2.13. The average molecular weight is 384 g/mol. The first-order valence-electron chi connectivity index (χ1n) is 7.89. The maximum Gasteiger partial charge on any atom is 0.326 e. The minimum atomic E-state index is -3.82. The van der Waals surface area contributed by atoms with Crippen molar-refractivity contribution in [2.24, 2.45) is 5.10 Å². The summed E-state index contributed by atoms with van der Waals surface area (Å²) in [6, 6.07) is 12.6. The van der Waals surface area contributed by atoms with Gasteiger partial charge in [0.2, 0.25) is 0 Å². The standard InChI is InChI=1S/C18H16N4O4S/c1-12-2-4-14(5-3-12)11-19-22-27(25,26)15-8-6-13(7-9-15)10-16-17(23)21-18(24)20-16/h2-11,22H,1H3,(H2,20,21,23,24)/b16-10-,19-11?. The summed E-state index contributed by atoms with van der Waals surface area (Å²) in [5.74, 6) is -0.538. The molecule has 27 heavy (non-hydrogen) atoms. The molecule has 138 valence electrons. The molecule has 1 aliphatic heterocycles. The first kappa shape index (κ1) is 18.3. The number of nitrogens with zero attached hydrogens (tertiary/aromatic N) is 1. The Morgan fingerprint density at radius 3 is 2.15 bits per heavy atom. The molecule has 0 atom stereocenters. The number of hydrazone groups is 1. The number of amides is 3. The Morgan fingerprint density at radius 2 is 1.56 bits per heavy atom. The molecule has 0 aliphatic carbocycles. The fourth-order valence-electron chi connectivity index (χ4n) is 2.27. The molecular formula is C18H16N4O4S. The van der Waals surface area contributed by atoms with Gasteiger partial charge in [-0.05, 0) is 36.3 Å². The smallest absolute Gasteiger partial charge is 0.303 e.